The first-order valence-corrected chi connectivity index (χ1v) is 37.6. The van der Waals surface area contributed by atoms with Crippen molar-refractivity contribution < 1.29 is 0 Å². The highest BCUT2D eigenvalue weighted by molar-refractivity contribution is 6.38. The summed E-state index contributed by atoms with van der Waals surface area (Å²) >= 11 is 0. The fourth-order valence-electron chi connectivity index (χ4n) is 15.0. The van der Waals surface area contributed by atoms with Crippen molar-refractivity contribution in [2.75, 3.05) is 19.6 Å². The molecule has 0 saturated carbocycles. The molecule has 14 rings (SSSR count). The Labute approximate surface area is 616 Å². The van der Waals surface area contributed by atoms with Crippen molar-refractivity contribution in [2.24, 2.45) is 0 Å². The van der Waals surface area contributed by atoms with Gasteiger partial charge in [-0.1, -0.05) is 197 Å². The summed E-state index contributed by atoms with van der Waals surface area (Å²) in [5, 5.41) is 27.6. The van der Waals surface area contributed by atoms with Gasteiger partial charge in [-0.05, 0) is 269 Å². The molecule has 0 radical (unpaired) electrons. The molecule has 104 heavy (non-hydrogen) atoms. The first-order chi connectivity index (χ1) is 50.9. The van der Waals surface area contributed by atoms with Gasteiger partial charge in [0.05, 0.1) is 46.0 Å². The molecule has 0 unspecified atom stereocenters. The van der Waals surface area contributed by atoms with Crippen LogP contribution in [-0.4, -0.2) is 0 Å². The van der Waals surface area contributed by atoms with E-state index in [4.69, 9.17) is 0 Å². The van der Waals surface area contributed by atoms with Gasteiger partial charge in [-0.15, -0.1) is 0 Å². The summed E-state index contributed by atoms with van der Waals surface area (Å²) in [5.74, 6) is 0. The Morgan fingerprint density at radius 3 is 0.692 bits per heavy atom. The summed E-state index contributed by atoms with van der Waals surface area (Å²) in [4.78, 5) is 10.0. The van der Waals surface area contributed by atoms with Crippen LogP contribution in [0.15, 0.2) is 267 Å². The SMILES string of the molecule is CCCCc1ccc(N(c2ccc(C)cc2)c2cc(N(c3ccc(C)cc3)c3ccc(CCCC)cc3)c3c(-c4ccc(C#N)cc4)cc4c(N(c5ccc(C)cc5)c5ccc(CCCC)cc5)cc(N(c5ccc(C)cc5)c5ccc(CCCC)cc5)c5c(-c6ccc(C#N)cc6)cc2c3c45)cc1. The molecule has 0 aromatic heterocycles. The quantitative estimate of drug-likeness (QED) is 0.0504. The third-order valence-corrected chi connectivity index (χ3v) is 20.9. The van der Waals surface area contributed by atoms with Gasteiger partial charge in [0.25, 0.3) is 0 Å². The molecule has 14 aromatic carbocycles. The number of benzene rings is 14. The van der Waals surface area contributed by atoms with E-state index in [1.807, 2.05) is 24.3 Å². The first-order valence-electron chi connectivity index (χ1n) is 37.6. The Morgan fingerprint density at radius 2 is 0.471 bits per heavy atom. The lowest BCUT2D eigenvalue weighted by atomic mass is 9.82. The third kappa shape index (κ3) is 14.3. The molecule has 6 nitrogen and oxygen atoms in total. The molecule has 6 heteroatoms. The summed E-state index contributed by atoms with van der Waals surface area (Å²) in [7, 11) is 0. The van der Waals surface area contributed by atoms with Crippen LogP contribution in [0.1, 0.15) is 135 Å². The van der Waals surface area contributed by atoms with Gasteiger partial charge in [-0.25, -0.2) is 0 Å². The molecular formula is C98H92N6. The van der Waals surface area contributed by atoms with E-state index in [2.05, 4.69) is 330 Å². The Hall–Kier alpha value is -11.7. The molecule has 0 aliphatic rings. The van der Waals surface area contributed by atoms with Crippen LogP contribution >= 0.6 is 0 Å². The van der Waals surface area contributed by atoms with Crippen LogP contribution < -0.4 is 19.6 Å². The average molecular weight is 1350 g/mol. The second-order valence-electron chi connectivity index (χ2n) is 28.4. The highest BCUT2D eigenvalue weighted by atomic mass is 15.2. The van der Waals surface area contributed by atoms with Crippen molar-refractivity contribution in [2.45, 2.75) is 132 Å². The minimum atomic E-state index is 0.590. The van der Waals surface area contributed by atoms with Crippen molar-refractivity contribution in [3.05, 3.63) is 323 Å². The van der Waals surface area contributed by atoms with Crippen LogP contribution in [-0.2, 0) is 25.7 Å². The second-order valence-corrected chi connectivity index (χ2v) is 28.4. The molecule has 0 amide bonds. The second kappa shape index (κ2) is 31.3. The molecule has 0 N–H and O–H groups in total. The molecule has 0 fully saturated rings. The maximum absolute atomic E-state index is 10.6. The minimum Gasteiger partial charge on any atom is -0.310 e. The zero-order valence-corrected chi connectivity index (χ0v) is 61.6. The van der Waals surface area contributed by atoms with E-state index < -0.39 is 0 Å². The lowest BCUT2D eigenvalue weighted by Crippen LogP contribution is -2.17. The van der Waals surface area contributed by atoms with E-state index in [0.29, 0.717) is 11.1 Å². The number of unbranched alkanes of at least 4 members (excludes halogenated alkanes) is 4. The summed E-state index contributed by atoms with van der Waals surface area (Å²) in [5.41, 5.74) is 27.3. The first kappa shape index (κ1) is 69.4. The Bertz CT molecular complexity index is 5020. The monoisotopic (exact) mass is 1350 g/mol. The number of nitriles is 2. The van der Waals surface area contributed by atoms with Gasteiger partial charge in [-0.3, -0.25) is 0 Å². The molecular weight excluding hydrogens is 1260 g/mol. The average Bonchev–Trinajstić information content (AvgIpc) is 0.685. The van der Waals surface area contributed by atoms with Crippen molar-refractivity contribution in [3.8, 4) is 34.4 Å². The van der Waals surface area contributed by atoms with E-state index in [1.54, 1.807) is 0 Å². The van der Waals surface area contributed by atoms with Crippen molar-refractivity contribution >= 4 is 101 Å². The number of aryl methyl sites for hydroxylation is 8. The highest BCUT2D eigenvalue weighted by Crippen LogP contribution is 2.59. The Morgan fingerprint density at radius 1 is 0.250 bits per heavy atom. The predicted molar refractivity (Wildman–Crippen MR) is 443 cm³/mol. The van der Waals surface area contributed by atoms with E-state index in [-0.39, 0.29) is 0 Å². The smallest absolute Gasteiger partial charge is 0.0991 e. The van der Waals surface area contributed by atoms with Gasteiger partial charge in [0, 0.05) is 77.8 Å². The van der Waals surface area contributed by atoms with Crippen molar-refractivity contribution in [1.82, 2.24) is 0 Å². The number of hydrogen-bond acceptors (Lipinski definition) is 6. The van der Waals surface area contributed by atoms with Gasteiger partial charge in [0.2, 0.25) is 0 Å². The maximum atomic E-state index is 10.6. The summed E-state index contributed by atoms with van der Waals surface area (Å²) in [6.45, 7) is 17.7. The molecule has 0 atom stereocenters. The number of rotatable bonds is 26. The van der Waals surface area contributed by atoms with E-state index >= 15 is 0 Å². The number of hydrogen-bond donors (Lipinski definition) is 0. The Kier molecular flexibility index (Phi) is 20.9. The van der Waals surface area contributed by atoms with E-state index in [1.165, 1.54) is 44.5 Å². The molecule has 514 valence electrons. The van der Waals surface area contributed by atoms with Gasteiger partial charge >= 0.3 is 0 Å². The minimum absolute atomic E-state index is 0.590. The molecule has 0 heterocycles. The molecule has 0 bridgehead atoms. The lowest BCUT2D eigenvalue weighted by molar-refractivity contribution is 0.795. The van der Waals surface area contributed by atoms with Crippen molar-refractivity contribution in [3.63, 3.8) is 0 Å². The molecule has 0 spiro atoms. The summed E-state index contributed by atoms with van der Waals surface area (Å²) < 4.78 is 0. The molecule has 0 aliphatic carbocycles. The zero-order chi connectivity index (χ0) is 71.8. The van der Waals surface area contributed by atoms with Gasteiger partial charge < -0.3 is 19.6 Å². The zero-order valence-electron chi connectivity index (χ0n) is 61.6. The van der Waals surface area contributed by atoms with Gasteiger partial charge in [0.1, 0.15) is 0 Å². The largest absolute Gasteiger partial charge is 0.310 e. The number of anilines is 12. The fraction of sp³-hybridized carbons (Fsp3) is 0.204. The van der Waals surface area contributed by atoms with Crippen LogP contribution in [0.5, 0.6) is 0 Å². The molecule has 0 aliphatic heterocycles. The highest BCUT2D eigenvalue weighted by Gasteiger charge is 2.33. The van der Waals surface area contributed by atoms with E-state index in [9.17, 15) is 10.5 Å². The summed E-state index contributed by atoms with van der Waals surface area (Å²) in [6.07, 6.45) is 12.8. The van der Waals surface area contributed by atoms with Gasteiger partial charge in [-0.2, -0.15) is 10.5 Å². The standard InChI is InChI=1S/C98H92N6/c1-9-13-17-71-33-53-83(54-34-71)101(79-45-21-67(5)22-46-79)91-63-93(103(81-49-25-69(7)26-50-81)85-57-37-73(38-58-85)19-15-11-3)95-88(78-43-31-76(66-100)32-44-78)62-90-92(102(80-47-23-68(6)24-48-80)84-55-35-72(36-56-84)18-14-10-2)64-94(96-87(61-89(91)97(95)98(90)96)77-41-29-75(65-99)30-42-77)104(82-51-27-70(8)28-52-82)86-59-39-74(40-60-86)20-16-12-4/h21-64H,9-20H2,1-8H3. The van der Waals surface area contributed by atoms with Crippen LogP contribution in [0.4, 0.5) is 68.2 Å². The Balaban J connectivity index is 1.27. The predicted octanol–water partition coefficient (Wildman–Crippen LogP) is 28.1. The van der Waals surface area contributed by atoms with Crippen LogP contribution in [0.2, 0.25) is 0 Å². The fourth-order valence-corrected chi connectivity index (χ4v) is 15.0. The molecule has 14 aromatic rings. The molecule has 0 saturated heterocycles. The lowest BCUT2D eigenvalue weighted by Gasteiger charge is -2.36. The summed E-state index contributed by atoms with van der Waals surface area (Å²) in [6, 6.07) is 105. The van der Waals surface area contributed by atoms with Crippen LogP contribution in [0, 0.1) is 50.4 Å². The maximum Gasteiger partial charge on any atom is 0.0991 e. The third-order valence-electron chi connectivity index (χ3n) is 20.9. The number of nitrogens with zero attached hydrogens (tertiary/aromatic N) is 6. The van der Waals surface area contributed by atoms with Crippen LogP contribution in [0.3, 0.4) is 0 Å². The van der Waals surface area contributed by atoms with Crippen LogP contribution in [0.25, 0.3) is 54.6 Å². The topological polar surface area (TPSA) is 60.5 Å². The van der Waals surface area contributed by atoms with Gasteiger partial charge in [0.15, 0.2) is 0 Å². The normalized spacial score (nSPS) is 11.3. The van der Waals surface area contributed by atoms with Crippen molar-refractivity contribution in [1.29, 1.82) is 10.5 Å². The van der Waals surface area contributed by atoms with E-state index in [0.717, 1.165) is 200 Å².